The van der Waals surface area contributed by atoms with Crippen LogP contribution in [0.25, 0.3) is 0 Å². The Bertz CT molecular complexity index is 1190. The molecule has 0 aromatic heterocycles. The van der Waals surface area contributed by atoms with Gasteiger partial charge in [0.1, 0.15) is 5.76 Å². The molecular weight excluding hydrogens is 529 g/mol. The van der Waals surface area contributed by atoms with Gasteiger partial charge in [0, 0.05) is 11.8 Å². The van der Waals surface area contributed by atoms with Crippen LogP contribution in [-0.2, 0) is 37.0 Å². The first-order valence-electron chi connectivity index (χ1n) is 13.1. The van der Waals surface area contributed by atoms with Gasteiger partial charge in [-0.3, -0.25) is 0 Å². The van der Waals surface area contributed by atoms with Crippen LogP contribution in [0, 0.1) is 23.7 Å². The molecule has 9 heteroatoms. The lowest BCUT2D eigenvalue weighted by Gasteiger charge is -2.20. The van der Waals surface area contributed by atoms with E-state index in [2.05, 4.69) is 48.4 Å². The largest absolute Gasteiger partial charge is 0.534 e. The SMILES string of the molecule is CC1=CC[C@H](C)[C@H]1COCc1ccccc1.C[C@H]1CC=C(OS(=O)(=O)C(F)(F)F)[C@@H]1COCc1ccccc1. The molecule has 0 saturated heterocycles. The van der Waals surface area contributed by atoms with Crippen molar-refractivity contribution in [3.63, 3.8) is 0 Å². The Morgan fingerprint density at radius 3 is 1.69 bits per heavy atom. The lowest BCUT2D eigenvalue weighted by atomic mass is 9.94. The van der Waals surface area contributed by atoms with E-state index in [1.165, 1.54) is 23.6 Å². The van der Waals surface area contributed by atoms with Gasteiger partial charge in [0.15, 0.2) is 0 Å². The molecule has 0 spiro atoms. The number of ether oxygens (including phenoxy) is 2. The molecule has 0 radical (unpaired) electrons. The van der Waals surface area contributed by atoms with Gasteiger partial charge < -0.3 is 13.7 Å². The van der Waals surface area contributed by atoms with Crippen LogP contribution in [0.15, 0.2) is 84.1 Å². The summed E-state index contributed by atoms with van der Waals surface area (Å²) in [6, 6.07) is 19.7. The highest BCUT2D eigenvalue weighted by atomic mass is 32.2. The van der Waals surface area contributed by atoms with Gasteiger partial charge in [-0.25, -0.2) is 0 Å². The summed E-state index contributed by atoms with van der Waals surface area (Å²) in [6.07, 6.45) is 5.39. The van der Waals surface area contributed by atoms with E-state index in [-0.39, 0.29) is 18.3 Å². The molecule has 39 heavy (non-hydrogen) atoms. The minimum Gasteiger partial charge on any atom is -0.381 e. The summed E-state index contributed by atoms with van der Waals surface area (Å²) in [5.41, 5.74) is -1.75. The summed E-state index contributed by atoms with van der Waals surface area (Å²) >= 11 is 0. The fraction of sp³-hybridized carbons (Fsp3) is 0.467. The van der Waals surface area contributed by atoms with Gasteiger partial charge in [-0.15, -0.1) is 0 Å². The molecule has 0 heterocycles. The average Bonchev–Trinajstić information content (AvgIpc) is 3.40. The van der Waals surface area contributed by atoms with Crippen LogP contribution in [-0.4, -0.2) is 27.1 Å². The van der Waals surface area contributed by atoms with Gasteiger partial charge in [-0.2, -0.15) is 21.6 Å². The van der Waals surface area contributed by atoms with Gasteiger partial charge in [0.05, 0.1) is 26.4 Å². The third-order valence-corrected chi connectivity index (χ3v) is 8.11. The molecule has 5 nitrogen and oxygen atoms in total. The van der Waals surface area contributed by atoms with Crippen LogP contribution in [0.5, 0.6) is 0 Å². The summed E-state index contributed by atoms with van der Waals surface area (Å²) in [5, 5.41) is 0. The zero-order chi connectivity index (χ0) is 28.5. The van der Waals surface area contributed by atoms with Crippen LogP contribution in [0.4, 0.5) is 13.2 Å². The minimum absolute atomic E-state index is 0.0517. The highest BCUT2D eigenvalue weighted by molar-refractivity contribution is 7.87. The standard InChI is InChI=1S/C15H17F3O4S.C15H20O/c1-11-7-8-14(22-23(19,20)15(16,17)18)13(11)10-21-9-12-5-3-2-4-6-12;1-12-8-9-13(2)15(12)11-16-10-14-6-4-3-5-7-14/h2-6,8,11,13H,7,9-10H2,1H3;3-8,13,15H,9-11H2,1-2H3/t11-,13+;13-,15-/m00/s1. The van der Waals surface area contributed by atoms with Crippen LogP contribution in [0.2, 0.25) is 0 Å². The first-order valence-corrected chi connectivity index (χ1v) is 14.5. The van der Waals surface area contributed by atoms with Crippen molar-refractivity contribution < 1.29 is 35.2 Å². The number of benzene rings is 2. The van der Waals surface area contributed by atoms with Crippen molar-refractivity contribution in [2.45, 2.75) is 52.3 Å². The normalized spacial score (nSPS) is 23.0. The molecule has 214 valence electrons. The highest BCUT2D eigenvalue weighted by Crippen LogP contribution is 2.37. The molecule has 4 rings (SSSR count). The van der Waals surface area contributed by atoms with Crippen LogP contribution in [0.1, 0.15) is 44.7 Å². The average molecular weight is 567 g/mol. The minimum atomic E-state index is -5.64. The van der Waals surface area contributed by atoms with Gasteiger partial charge >= 0.3 is 15.6 Å². The van der Waals surface area contributed by atoms with Gasteiger partial charge in [-0.1, -0.05) is 86.2 Å². The van der Waals surface area contributed by atoms with Crippen molar-refractivity contribution in [1.82, 2.24) is 0 Å². The second-order valence-corrected chi connectivity index (χ2v) is 11.7. The molecule has 0 N–H and O–H groups in total. The van der Waals surface area contributed by atoms with Crippen molar-refractivity contribution in [1.29, 1.82) is 0 Å². The Morgan fingerprint density at radius 1 is 0.769 bits per heavy atom. The lowest BCUT2D eigenvalue weighted by molar-refractivity contribution is -0.0532. The monoisotopic (exact) mass is 566 g/mol. The molecule has 0 bridgehead atoms. The van der Waals surface area contributed by atoms with Crippen molar-refractivity contribution in [2.24, 2.45) is 23.7 Å². The van der Waals surface area contributed by atoms with E-state index in [9.17, 15) is 21.6 Å². The summed E-state index contributed by atoms with van der Waals surface area (Å²) < 4.78 is 75.1. The molecule has 0 amide bonds. The summed E-state index contributed by atoms with van der Waals surface area (Å²) in [5.74, 6) is 0.613. The second-order valence-electron chi connectivity index (χ2n) is 10.2. The number of allylic oxidation sites excluding steroid dienone is 2. The zero-order valence-corrected chi connectivity index (χ0v) is 23.4. The van der Waals surface area contributed by atoms with Crippen LogP contribution < -0.4 is 0 Å². The van der Waals surface area contributed by atoms with Crippen LogP contribution >= 0.6 is 0 Å². The Balaban J connectivity index is 0.000000230. The topological polar surface area (TPSA) is 61.8 Å². The lowest BCUT2D eigenvalue weighted by Crippen LogP contribution is -2.27. The number of hydrogen-bond acceptors (Lipinski definition) is 5. The predicted octanol–water partition coefficient (Wildman–Crippen LogP) is 7.41. The molecule has 2 aromatic rings. The Hall–Kier alpha value is -2.62. The molecule has 0 saturated carbocycles. The van der Waals surface area contributed by atoms with E-state index >= 15 is 0 Å². The Labute approximate surface area is 229 Å². The summed E-state index contributed by atoms with van der Waals surface area (Å²) in [6.45, 7) is 8.32. The molecule has 2 aromatic carbocycles. The quantitative estimate of drug-likeness (QED) is 0.170. The maximum Gasteiger partial charge on any atom is 0.534 e. The second kappa shape index (κ2) is 14.1. The zero-order valence-electron chi connectivity index (χ0n) is 22.6. The van der Waals surface area contributed by atoms with Gasteiger partial charge in [0.2, 0.25) is 0 Å². The third-order valence-electron chi connectivity index (χ3n) is 7.13. The molecular formula is C30H37F3O5S. The van der Waals surface area contributed by atoms with Crippen LogP contribution in [0.3, 0.4) is 0 Å². The Morgan fingerprint density at radius 2 is 1.23 bits per heavy atom. The van der Waals surface area contributed by atoms with E-state index < -0.39 is 21.5 Å². The molecule has 0 aliphatic heterocycles. The van der Waals surface area contributed by atoms with Crippen molar-refractivity contribution >= 4 is 10.1 Å². The molecule has 0 unspecified atom stereocenters. The number of hydrogen-bond donors (Lipinski definition) is 0. The van der Waals surface area contributed by atoms with Crippen molar-refractivity contribution in [3.8, 4) is 0 Å². The molecule has 0 fully saturated rings. The van der Waals surface area contributed by atoms with E-state index in [1.807, 2.05) is 43.3 Å². The first kappa shape index (κ1) is 30.9. The summed E-state index contributed by atoms with van der Waals surface area (Å²) in [7, 11) is -5.64. The van der Waals surface area contributed by atoms with Gasteiger partial charge in [-0.05, 0) is 48.8 Å². The first-order chi connectivity index (χ1) is 18.5. The molecule has 2 aliphatic rings. The fourth-order valence-corrected chi connectivity index (χ4v) is 5.14. The number of halogens is 3. The number of rotatable bonds is 10. The van der Waals surface area contributed by atoms with E-state index in [1.54, 1.807) is 0 Å². The fourth-order valence-electron chi connectivity index (χ4n) is 4.60. The maximum atomic E-state index is 12.4. The van der Waals surface area contributed by atoms with E-state index in [4.69, 9.17) is 9.47 Å². The van der Waals surface area contributed by atoms with Crippen molar-refractivity contribution in [3.05, 3.63) is 95.3 Å². The maximum absolute atomic E-state index is 12.4. The number of alkyl halides is 3. The molecule has 2 aliphatic carbocycles. The predicted molar refractivity (Wildman–Crippen MR) is 145 cm³/mol. The van der Waals surface area contributed by atoms with E-state index in [0.717, 1.165) is 24.7 Å². The van der Waals surface area contributed by atoms with E-state index in [0.29, 0.717) is 18.9 Å². The Kier molecular flexibility index (Phi) is 11.2. The molecule has 4 atom stereocenters. The third kappa shape index (κ3) is 9.22. The summed E-state index contributed by atoms with van der Waals surface area (Å²) in [4.78, 5) is 0. The van der Waals surface area contributed by atoms with Crippen molar-refractivity contribution in [2.75, 3.05) is 13.2 Å². The van der Waals surface area contributed by atoms with Gasteiger partial charge in [0.25, 0.3) is 0 Å². The smallest absolute Gasteiger partial charge is 0.381 e. The highest BCUT2D eigenvalue weighted by Gasteiger charge is 2.50.